The topological polar surface area (TPSA) is 37.3 Å². The van der Waals surface area contributed by atoms with Crippen molar-refractivity contribution < 1.29 is 9.90 Å². The van der Waals surface area contributed by atoms with Crippen molar-refractivity contribution in [3.63, 3.8) is 0 Å². The van der Waals surface area contributed by atoms with Gasteiger partial charge in [0.05, 0.1) is 0 Å². The Balaban J connectivity index is 2.35. The molecule has 0 aliphatic heterocycles. The Morgan fingerprint density at radius 3 is 2.92 bits per heavy atom. The van der Waals surface area contributed by atoms with E-state index in [9.17, 15) is 9.90 Å². The van der Waals surface area contributed by atoms with Gasteiger partial charge in [0.2, 0.25) is 0 Å². The molecule has 0 amide bonds. The Morgan fingerprint density at radius 1 is 1.62 bits per heavy atom. The van der Waals surface area contributed by atoms with Crippen LogP contribution in [0.4, 0.5) is 0 Å². The SMILES string of the molecule is CC1=C[C@H]2C(=O)C[C@@H]1[C@H](CO)[C@H]2C. The average molecular weight is 180 g/mol. The Bertz CT molecular complexity index is 267. The summed E-state index contributed by atoms with van der Waals surface area (Å²) in [6, 6.07) is 0. The molecule has 3 rings (SSSR count). The standard InChI is InChI=1S/C11H16O2/c1-6-3-9-7(2)10(5-12)8(6)4-11(9)13/h3,7-10,12H,4-5H2,1-2H3/t7-,8-,9+,10+/m0/s1. The van der Waals surface area contributed by atoms with Crippen LogP contribution in [0, 0.1) is 23.7 Å². The van der Waals surface area contributed by atoms with E-state index in [1.54, 1.807) is 0 Å². The molecular weight excluding hydrogens is 164 g/mol. The maximum atomic E-state index is 11.5. The number of ketones is 1. The monoisotopic (exact) mass is 180 g/mol. The van der Waals surface area contributed by atoms with Crippen molar-refractivity contribution >= 4 is 5.78 Å². The van der Waals surface area contributed by atoms with Crippen LogP contribution in [0.15, 0.2) is 11.6 Å². The number of fused-ring (bicyclic) bond motifs is 2. The van der Waals surface area contributed by atoms with Crippen LogP contribution >= 0.6 is 0 Å². The largest absolute Gasteiger partial charge is 0.396 e. The summed E-state index contributed by atoms with van der Waals surface area (Å²) in [6.07, 6.45) is 2.76. The number of hydrogen-bond donors (Lipinski definition) is 1. The summed E-state index contributed by atoms with van der Waals surface area (Å²) in [5.74, 6) is 1.42. The van der Waals surface area contributed by atoms with Gasteiger partial charge >= 0.3 is 0 Å². The lowest BCUT2D eigenvalue weighted by Gasteiger charge is -2.44. The fourth-order valence-corrected chi connectivity index (χ4v) is 2.87. The maximum Gasteiger partial charge on any atom is 0.140 e. The molecule has 0 aromatic heterocycles. The van der Waals surface area contributed by atoms with E-state index in [4.69, 9.17) is 0 Å². The van der Waals surface area contributed by atoms with E-state index >= 15 is 0 Å². The maximum absolute atomic E-state index is 11.5. The van der Waals surface area contributed by atoms with Crippen molar-refractivity contribution in [2.24, 2.45) is 23.7 Å². The molecule has 0 heterocycles. The first-order valence-corrected chi connectivity index (χ1v) is 4.97. The summed E-state index contributed by atoms with van der Waals surface area (Å²) in [4.78, 5) is 11.5. The minimum absolute atomic E-state index is 0.0853. The molecule has 0 spiro atoms. The van der Waals surface area contributed by atoms with Gasteiger partial charge in [-0.15, -0.1) is 0 Å². The lowest BCUT2D eigenvalue weighted by atomic mass is 9.60. The van der Waals surface area contributed by atoms with Crippen LogP contribution in [0.1, 0.15) is 20.3 Å². The molecule has 1 fully saturated rings. The van der Waals surface area contributed by atoms with Gasteiger partial charge in [0, 0.05) is 18.9 Å². The van der Waals surface area contributed by atoms with E-state index < -0.39 is 0 Å². The van der Waals surface area contributed by atoms with E-state index in [2.05, 4.69) is 19.9 Å². The second-order valence-corrected chi connectivity index (χ2v) is 4.42. The van der Waals surface area contributed by atoms with Crippen molar-refractivity contribution in [1.29, 1.82) is 0 Å². The number of rotatable bonds is 1. The van der Waals surface area contributed by atoms with Crippen LogP contribution in [0.3, 0.4) is 0 Å². The molecular formula is C11H16O2. The van der Waals surface area contributed by atoms with Gasteiger partial charge in [-0.3, -0.25) is 4.79 Å². The summed E-state index contributed by atoms with van der Waals surface area (Å²) in [5, 5.41) is 9.25. The summed E-state index contributed by atoms with van der Waals surface area (Å²) < 4.78 is 0. The first kappa shape index (κ1) is 8.95. The number of hydrogen-bond acceptors (Lipinski definition) is 2. The number of allylic oxidation sites excluding steroid dienone is 2. The van der Waals surface area contributed by atoms with Gasteiger partial charge in [-0.1, -0.05) is 18.6 Å². The summed E-state index contributed by atoms with van der Waals surface area (Å²) in [6.45, 7) is 4.39. The molecule has 2 nitrogen and oxygen atoms in total. The molecule has 2 bridgehead atoms. The first-order chi connectivity index (χ1) is 6.15. The van der Waals surface area contributed by atoms with Crippen molar-refractivity contribution in [3.05, 3.63) is 11.6 Å². The predicted molar refractivity (Wildman–Crippen MR) is 50.1 cm³/mol. The molecule has 13 heavy (non-hydrogen) atoms. The van der Waals surface area contributed by atoms with Gasteiger partial charge < -0.3 is 5.11 Å². The predicted octanol–water partition coefficient (Wildman–Crippen LogP) is 1.40. The zero-order valence-corrected chi connectivity index (χ0v) is 8.16. The third-order valence-corrected chi connectivity index (χ3v) is 3.79. The van der Waals surface area contributed by atoms with Gasteiger partial charge in [-0.2, -0.15) is 0 Å². The zero-order chi connectivity index (χ0) is 9.59. The zero-order valence-electron chi connectivity index (χ0n) is 8.16. The molecule has 0 saturated heterocycles. The van der Waals surface area contributed by atoms with E-state index in [1.807, 2.05) is 0 Å². The highest BCUT2D eigenvalue weighted by molar-refractivity contribution is 5.86. The second kappa shape index (κ2) is 2.95. The summed E-state index contributed by atoms with van der Waals surface area (Å²) >= 11 is 0. The quantitative estimate of drug-likeness (QED) is 0.619. The normalized spacial score (nSPS) is 43.6. The number of carbonyl (C=O) groups excluding carboxylic acids is 1. The van der Waals surface area contributed by atoms with Gasteiger partial charge in [-0.25, -0.2) is 0 Å². The molecule has 4 atom stereocenters. The van der Waals surface area contributed by atoms with Crippen molar-refractivity contribution in [1.82, 2.24) is 0 Å². The number of Topliss-reactive ketones (excluding diaryl/α,β-unsaturated/α-hetero) is 1. The average Bonchev–Trinajstić information content (AvgIpc) is 2.09. The summed E-state index contributed by atoms with van der Waals surface area (Å²) in [7, 11) is 0. The van der Waals surface area contributed by atoms with Crippen LogP contribution in [-0.4, -0.2) is 17.5 Å². The third-order valence-electron chi connectivity index (χ3n) is 3.79. The molecule has 0 aromatic carbocycles. The van der Waals surface area contributed by atoms with Gasteiger partial charge in [0.1, 0.15) is 5.78 Å². The van der Waals surface area contributed by atoms with Crippen molar-refractivity contribution in [2.45, 2.75) is 20.3 Å². The molecule has 72 valence electrons. The van der Waals surface area contributed by atoms with Gasteiger partial charge in [-0.05, 0) is 24.7 Å². The Labute approximate surface area is 78.6 Å². The highest BCUT2D eigenvalue weighted by Gasteiger charge is 2.44. The van der Waals surface area contributed by atoms with Crippen molar-refractivity contribution in [3.8, 4) is 0 Å². The van der Waals surface area contributed by atoms with Gasteiger partial charge in [0.25, 0.3) is 0 Å². The van der Waals surface area contributed by atoms with Gasteiger partial charge in [0.15, 0.2) is 0 Å². The van der Waals surface area contributed by atoms with Crippen molar-refractivity contribution in [2.75, 3.05) is 6.61 Å². The van der Waals surface area contributed by atoms with Crippen LogP contribution < -0.4 is 0 Å². The number of aliphatic hydroxyl groups excluding tert-OH is 1. The minimum atomic E-state index is 0.0853. The van der Waals surface area contributed by atoms with Crippen LogP contribution in [0.2, 0.25) is 0 Å². The molecule has 0 aromatic rings. The van der Waals surface area contributed by atoms with Crippen LogP contribution in [0.25, 0.3) is 0 Å². The Kier molecular flexibility index (Phi) is 2.03. The second-order valence-electron chi connectivity index (χ2n) is 4.42. The smallest absolute Gasteiger partial charge is 0.140 e. The number of carbonyl (C=O) groups is 1. The van der Waals surface area contributed by atoms with E-state index in [1.165, 1.54) is 5.57 Å². The lowest BCUT2D eigenvalue weighted by molar-refractivity contribution is -0.129. The minimum Gasteiger partial charge on any atom is -0.396 e. The van der Waals surface area contributed by atoms with Crippen LogP contribution in [-0.2, 0) is 4.79 Å². The summed E-state index contributed by atoms with van der Waals surface area (Å²) in [5.41, 5.74) is 1.31. The molecule has 3 aliphatic carbocycles. The fraction of sp³-hybridized carbons (Fsp3) is 0.727. The third kappa shape index (κ3) is 1.16. The van der Waals surface area contributed by atoms with E-state index in [-0.39, 0.29) is 12.5 Å². The molecule has 0 unspecified atom stereocenters. The number of aliphatic hydroxyl groups is 1. The molecule has 2 heteroatoms. The highest BCUT2D eigenvalue weighted by atomic mass is 16.3. The van der Waals surface area contributed by atoms with E-state index in [0.717, 1.165) is 0 Å². The molecule has 0 radical (unpaired) electrons. The first-order valence-electron chi connectivity index (χ1n) is 4.97. The van der Waals surface area contributed by atoms with Crippen LogP contribution in [0.5, 0.6) is 0 Å². The fourth-order valence-electron chi connectivity index (χ4n) is 2.87. The highest BCUT2D eigenvalue weighted by Crippen LogP contribution is 2.45. The molecule has 1 N–H and O–H groups in total. The van der Waals surface area contributed by atoms with E-state index in [0.29, 0.717) is 30.0 Å². The Hall–Kier alpha value is -0.630. The lowest BCUT2D eigenvalue weighted by Crippen LogP contribution is -2.44. The Morgan fingerprint density at radius 2 is 2.31 bits per heavy atom. The molecule has 3 aliphatic rings. The molecule has 1 saturated carbocycles.